The van der Waals surface area contributed by atoms with Gasteiger partial charge >= 0.3 is 0 Å². The van der Waals surface area contributed by atoms with Crippen molar-refractivity contribution in [3.8, 4) is 5.75 Å². The molecular formula is C40H60N2O15. The number of anilines is 1. The van der Waals surface area contributed by atoms with Crippen molar-refractivity contribution in [3.63, 3.8) is 0 Å². The molecule has 0 unspecified atom stereocenters. The molecule has 2 aromatic rings. The summed E-state index contributed by atoms with van der Waals surface area (Å²) in [6.07, 6.45) is 0. The molecule has 1 aliphatic heterocycles. The van der Waals surface area contributed by atoms with Crippen LogP contribution in [0.2, 0.25) is 0 Å². The van der Waals surface area contributed by atoms with Gasteiger partial charge in [-0.3, -0.25) is 19.3 Å². The van der Waals surface area contributed by atoms with Crippen molar-refractivity contribution in [1.82, 2.24) is 4.90 Å². The van der Waals surface area contributed by atoms with Crippen LogP contribution in [0.1, 0.15) is 27.6 Å². The molecule has 3 rings (SSSR count). The van der Waals surface area contributed by atoms with Crippen molar-refractivity contribution in [1.29, 1.82) is 0 Å². The Kier molecular flexibility index (Phi) is 27.1. The van der Waals surface area contributed by atoms with E-state index in [-0.39, 0.29) is 30.9 Å². The van der Waals surface area contributed by atoms with Gasteiger partial charge in [0.15, 0.2) is 0 Å². The second-order valence-electron chi connectivity index (χ2n) is 12.1. The molecule has 0 atom stereocenters. The molecular weight excluding hydrogens is 748 g/mol. The lowest BCUT2D eigenvalue weighted by atomic mass is 10.1. The second kappa shape index (κ2) is 32.4. The van der Waals surface area contributed by atoms with Gasteiger partial charge in [0.2, 0.25) is 5.91 Å². The van der Waals surface area contributed by atoms with E-state index in [0.29, 0.717) is 162 Å². The zero-order chi connectivity index (χ0) is 40.4. The summed E-state index contributed by atoms with van der Waals surface area (Å²) in [5.41, 5.74) is 1.60. The van der Waals surface area contributed by atoms with Crippen LogP contribution in [0.5, 0.6) is 5.75 Å². The summed E-state index contributed by atoms with van der Waals surface area (Å²) < 4.78 is 66.0. The average Bonchev–Trinajstić information content (AvgIpc) is 3.45. The van der Waals surface area contributed by atoms with Gasteiger partial charge in [0.25, 0.3) is 11.8 Å². The van der Waals surface area contributed by atoms with Gasteiger partial charge in [-0.1, -0.05) is 12.1 Å². The Labute approximate surface area is 335 Å². The molecule has 1 N–H and O–H groups in total. The van der Waals surface area contributed by atoms with Crippen molar-refractivity contribution >= 4 is 23.4 Å². The number of rotatable bonds is 38. The van der Waals surface area contributed by atoms with E-state index >= 15 is 0 Å². The molecule has 0 radical (unpaired) electrons. The Bertz CT molecular complexity index is 1320. The summed E-state index contributed by atoms with van der Waals surface area (Å²) in [4.78, 5) is 36.9. The molecule has 2 aromatic carbocycles. The number of nitrogens with one attached hydrogen (secondary N) is 1. The predicted octanol–water partition coefficient (Wildman–Crippen LogP) is 2.50. The molecule has 1 aliphatic rings. The Morgan fingerprint density at radius 1 is 0.439 bits per heavy atom. The number of amides is 3. The van der Waals surface area contributed by atoms with Gasteiger partial charge in [0.05, 0.1) is 163 Å². The highest BCUT2D eigenvalue weighted by atomic mass is 16.6. The summed E-state index contributed by atoms with van der Waals surface area (Å²) in [7, 11) is 0. The highest BCUT2D eigenvalue weighted by Crippen LogP contribution is 2.22. The van der Waals surface area contributed by atoms with Crippen LogP contribution in [0.25, 0.3) is 0 Å². The standard InChI is InChI=1S/C40H60N2O15/c1-34(43)41-35-6-8-36(9-7-35)57-33-32-56-31-30-55-29-28-54-27-26-53-25-24-52-23-22-51-21-20-50-19-18-49-17-16-48-15-14-47-13-12-46-11-10-42-39(44)37-4-2-3-5-38(37)40(42)45/h2-9H,10-33H2,1H3,(H,41,43). The molecule has 3 amide bonds. The van der Waals surface area contributed by atoms with Crippen LogP contribution in [0.15, 0.2) is 48.5 Å². The van der Waals surface area contributed by atoms with Gasteiger partial charge in [-0.25, -0.2) is 0 Å². The molecule has 0 saturated carbocycles. The quantitative estimate of drug-likeness (QED) is 0.0773. The summed E-state index contributed by atoms with van der Waals surface area (Å²) in [5.74, 6) is 0.0324. The molecule has 17 nitrogen and oxygen atoms in total. The highest BCUT2D eigenvalue weighted by Gasteiger charge is 2.34. The third-order valence-electron chi connectivity index (χ3n) is 7.73. The average molecular weight is 809 g/mol. The number of fused-ring (bicyclic) bond motifs is 1. The highest BCUT2D eigenvalue weighted by molar-refractivity contribution is 6.21. The van der Waals surface area contributed by atoms with Crippen LogP contribution in [-0.2, 0) is 56.9 Å². The van der Waals surface area contributed by atoms with Crippen LogP contribution in [-0.4, -0.2) is 181 Å². The maximum absolute atomic E-state index is 12.3. The van der Waals surface area contributed by atoms with Gasteiger partial charge in [0.1, 0.15) is 12.4 Å². The van der Waals surface area contributed by atoms with Crippen molar-refractivity contribution in [2.24, 2.45) is 0 Å². The van der Waals surface area contributed by atoms with Crippen LogP contribution in [0.3, 0.4) is 0 Å². The SMILES string of the molecule is CC(=O)Nc1ccc(OCCOCCOCCOCCOCCOCCOCCOCCOCCOCCOCCOCCN2C(=O)c3ccccc3C2=O)cc1. The van der Waals surface area contributed by atoms with Gasteiger partial charge in [-0.05, 0) is 36.4 Å². The fourth-order valence-corrected chi connectivity index (χ4v) is 4.96. The van der Waals surface area contributed by atoms with Gasteiger partial charge in [-0.2, -0.15) is 0 Å². The molecule has 0 aliphatic carbocycles. The first-order valence-electron chi connectivity index (χ1n) is 19.4. The number of carbonyl (C=O) groups is 3. The van der Waals surface area contributed by atoms with Gasteiger partial charge in [0, 0.05) is 12.6 Å². The van der Waals surface area contributed by atoms with E-state index in [4.69, 9.17) is 56.8 Å². The number of imide groups is 1. The summed E-state index contributed by atoms with van der Waals surface area (Å²) >= 11 is 0. The normalized spacial score (nSPS) is 12.4. The maximum Gasteiger partial charge on any atom is 0.261 e. The summed E-state index contributed by atoms with van der Waals surface area (Å²) in [6, 6.07) is 14.0. The number of carbonyl (C=O) groups excluding carboxylic acids is 3. The van der Waals surface area contributed by atoms with E-state index in [1.54, 1.807) is 48.5 Å². The molecule has 320 valence electrons. The van der Waals surface area contributed by atoms with Crippen molar-refractivity contribution in [2.75, 3.05) is 164 Å². The molecule has 0 saturated heterocycles. The molecule has 0 spiro atoms. The van der Waals surface area contributed by atoms with E-state index in [2.05, 4.69) is 5.32 Å². The third kappa shape index (κ3) is 22.8. The third-order valence-corrected chi connectivity index (χ3v) is 7.73. The number of ether oxygens (including phenoxy) is 12. The van der Waals surface area contributed by atoms with Crippen molar-refractivity contribution < 1.29 is 71.2 Å². The van der Waals surface area contributed by atoms with Gasteiger partial charge < -0.3 is 62.2 Å². The Hall–Kier alpha value is -3.59. The van der Waals surface area contributed by atoms with Crippen LogP contribution in [0.4, 0.5) is 5.69 Å². The first-order chi connectivity index (χ1) is 28.1. The van der Waals surface area contributed by atoms with E-state index in [1.807, 2.05) is 0 Å². The minimum absolute atomic E-state index is 0.113. The number of nitrogens with zero attached hydrogens (tertiary/aromatic N) is 1. The lowest BCUT2D eigenvalue weighted by Crippen LogP contribution is -2.33. The molecule has 0 fully saturated rings. The predicted molar refractivity (Wildman–Crippen MR) is 207 cm³/mol. The van der Waals surface area contributed by atoms with E-state index < -0.39 is 0 Å². The second-order valence-corrected chi connectivity index (χ2v) is 12.1. The van der Waals surface area contributed by atoms with Crippen LogP contribution < -0.4 is 10.1 Å². The maximum atomic E-state index is 12.3. The smallest absolute Gasteiger partial charge is 0.261 e. The minimum Gasteiger partial charge on any atom is -0.491 e. The number of benzene rings is 2. The largest absolute Gasteiger partial charge is 0.491 e. The van der Waals surface area contributed by atoms with Gasteiger partial charge in [-0.15, -0.1) is 0 Å². The fraction of sp³-hybridized carbons (Fsp3) is 0.625. The summed E-state index contributed by atoms with van der Waals surface area (Å²) in [5, 5.41) is 2.71. The first-order valence-corrected chi connectivity index (χ1v) is 19.4. The van der Waals surface area contributed by atoms with E-state index in [0.717, 1.165) is 5.69 Å². The molecule has 17 heteroatoms. The first kappa shape index (κ1) is 47.8. The Balaban J connectivity index is 0.910. The summed E-state index contributed by atoms with van der Waals surface area (Å²) in [6.45, 7) is 12.0. The Morgan fingerprint density at radius 2 is 0.737 bits per heavy atom. The van der Waals surface area contributed by atoms with E-state index in [9.17, 15) is 14.4 Å². The monoisotopic (exact) mass is 808 g/mol. The Morgan fingerprint density at radius 3 is 1.05 bits per heavy atom. The lowest BCUT2D eigenvalue weighted by molar-refractivity contribution is -0.114. The van der Waals surface area contributed by atoms with E-state index in [1.165, 1.54) is 11.8 Å². The topological polar surface area (TPSA) is 177 Å². The fourth-order valence-electron chi connectivity index (χ4n) is 4.96. The molecule has 57 heavy (non-hydrogen) atoms. The molecule has 0 bridgehead atoms. The van der Waals surface area contributed by atoms with Crippen LogP contribution >= 0.6 is 0 Å². The van der Waals surface area contributed by atoms with Crippen molar-refractivity contribution in [2.45, 2.75) is 6.92 Å². The lowest BCUT2D eigenvalue weighted by Gasteiger charge is -2.13. The van der Waals surface area contributed by atoms with Crippen LogP contribution in [0, 0.1) is 0 Å². The molecule has 0 aromatic heterocycles. The minimum atomic E-state index is -0.282. The number of hydrogen-bond acceptors (Lipinski definition) is 15. The zero-order valence-corrected chi connectivity index (χ0v) is 33.2. The molecule has 1 heterocycles. The zero-order valence-electron chi connectivity index (χ0n) is 33.2. The van der Waals surface area contributed by atoms with Crippen molar-refractivity contribution in [3.05, 3.63) is 59.7 Å². The number of hydrogen-bond donors (Lipinski definition) is 1.